The largest absolute Gasteiger partial charge is 0.466 e. The van der Waals surface area contributed by atoms with E-state index in [1.54, 1.807) is 0 Å². The molecule has 23 heavy (non-hydrogen) atoms. The number of carbonyl (C=O) groups excluding carboxylic acids is 2. The third-order valence-corrected chi connectivity index (χ3v) is 3.38. The van der Waals surface area contributed by atoms with Crippen molar-refractivity contribution in [3.05, 3.63) is 52.7 Å². The Kier molecular flexibility index (Phi) is 4.68. The van der Waals surface area contributed by atoms with Gasteiger partial charge >= 0.3 is 6.03 Å². The average Bonchev–Trinajstić information content (AvgIpc) is 2.79. The smallest absolute Gasteiger partial charge is 0.319 e. The van der Waals surface area contributed by atoms with Crippen LogP contribution in [0.5, 0.6) is 0 Å². The molecule has 0 radical (unpaired) electrons. The molecule has 0 spiro atoms. The van der Waals surface area contributed by atoms with Gasteiger partial charge in [-0.05, 0) is 45.0 Å². The van der Waals surface area contributed by atoms with E-state index in [4.69, 9.17) is 10.2 Å². The van der Waals surface area contributed by atoms with Crippen molar-refractivity contribution < 1.29 is 18.4 Å². The fourth-order valence-electron chi connectivity index (χ4n) is 2.31. The Morgan fingerprint density at radius 2 is 1.96 bits per heavy atom. The summed E-state index contributed by atoms with van der Waals surface area (Å²) in [5.41, 5.74) is 5.93. The van der Waals surface area contributed by atoms with Crippen LogP contribution in [0, 0.1) is 19.7 Å². The zero-order valence-electron chi connectivity index (χ0n) is 13.1. The number of primary amides is 1. The fourth-order valence-corrected chi connectivity index (χ4v) is 2.31. The van der Waals surface area contributed by atoms with Crippen LogP contribution in [0.4, 0.5) is 14.9 Å². The number of rotatable bonds is 4. The van der Waals surface area contributed by atoms with Crippen LogP contribution < -0.4 is 16.4 Å². The van der Waals surface area contributed by atoms with Crippen LogP contribution in [0.15, 0.2) is 28.7 Å². The predicted octanol–water partition coefficient (Wildman–Crippen LogP) is 3.02. The normalized spacial score (nSPS) is 11.8. The number of halogens is 1. The molecule has 2 aromatic rings. The first-order valence-corrected chi connectivity index (χ1v) is 7.01. The summed E-state index contributed by atoms with van der Waals surface area (Å²) in [6.07, 6.45) is 0. The van der Waals surface area contributed by atoms with Crippen LogP contribution in [-0.2, 0) is 0 Å². The molecular formula is C16H18FN3O3. The molecular weight excluding hydrogens is 301 g/mol. The van der Waals surface area contributed by atoms with E-state index in [-0.39, 0.29) is 17.3 Å². The molecule has 0 fully saturated rings. The van der Waals surface area contributed by atoms with Gasteiger partial charge in [0.2, 0.25) is 0 Å². The maximum atomic E-state index is 13.4. The monoisotopic (exact) mass is 319 g/mol. The van der Waals surface area contributed by atoms with Crippen molar-refractivity contribution in [2.24, 2.45) is 5.73 Å². The molecule has 1 atom stereocenters. The zero-order valence-corrected chi connectivity index (χ0v) is 13.1. The Hall–Kier alpha value is -2.83. The summed E-state index contributed by atoms with van der Waals surface area (Å²) in [5.74, 6) is -0.143. The number of furan rings is 1. The van der Waals surface area contributed by atoms with Crippen molar-refractivity contribution in [3.63, 3.8) is 0 Å². The van der Waals surface area contributed by atoms with Gasteiger partial charge in [-0.25, -0.2) is 9.18 Å². The van der Waals surface area contributed by atoms with Crippen molar-refractivity contribution in [1.82, 2.24) is 5.32 Å². The van der Waals surface area contributed by atoms with Gasteiger partial charge in [-0.1, -0.05) is 0 Å². The minimum Gasteiger partial charge on any atom is -0.466 e. The van der Waals surface area contributed by atoms with Gasteiger partial charge < -0.3 is 20.8 Å². The van der Waals surface area contributed by atoms with Crippen molar-refractivity contribution >= 4 is 17.6 Å². The summed E-state index contributed by atoms with van der Waals surface area (Å²) in [5, 5.41) is 5.28. The second-order valence-corrected chi connectivity index (χ2v) is 5.25. The number of carbonyl (C=O) groups is 2. The lowest BCUT2D eigenvalue weighted by molar-refractivity contribution is 0.0996. The standard InChI is InChI=1S/C16H18FN3O3/c1-8-6-12(10(3)23-8)9(2)19-16(22)20-11-4-5-14(17)13(7-11)15(18)21/h4-7,9H,1-3H3,(H2,18,21)(H2,19,20,22)/t9-/m1/s1. The number of urea groups is 1. The molecule has 0 aliphatic heterocycles. The molecule has 0 aliphatic rings. The SMILES string of the molecule is Cc1cc([C@@H](C)NC(=O)Nc2ccc(F)c(C(N)=O)c2)c(C)o1. The first kappa shape index (κ1) is 16.5. The molecule has 2 rings (SSSR count). The lowest BCUT2D eigenvalue weighted by Gasteiger charge is -2.14. The predicted molar refractivity (Wildman–Crippen MR) is 83.7 cm³/mol. The van der Waals surface area contributed by atoms with Gasteiger partial charge in [0.05, 0.1) is 11.6 Å². The van der Waals surface area contributed by atoms with E-state index in [1.165, 1.54) is 12.1 Å². The Balaban J connectivity index is 2.06. The van der Waals surface area contributed by atoms with E-state index in [1.807, 2.05) is 26.8 Å². The van der Waals surface area contributed by atoms with Crippen LogP contribution in [0.1, 0.15) is 40.4 Å². The number of aryl methyl sites for hydroxylation is 2. The van der Waals surface area contributed by atoms with E-state index in [9.17, 15) is 14.0 Å². The summed E-state index contributed by atoms with van der Waals surface area (Å²) < 4.78 is 18.8. The highest BCUT2D eigenvalue weighted by molar-refractivity contribution is 5.96. The summed E-state index contributed by atoms with van der Waals surface area (Å²) in [6.45, 7) is 5.46. The number of benzene rings is 1. The van der Waals surface area contributed by atoms with E-state index in [0.717, 1.165) is 23.2 Å². The highest BCUT2D eigenvalue weighted by Crippen LogP contribution is 2.21. The Morgan fingerprint density at radius 3 is 2.52 bits per heavy atom. The maximum Gasteiger partial charge on any atom is 0.319 e. The Labute approximate surface area is 132 Å². The quantitative estimate of drug-likeness (QED) is 0.808. The van der Waals surface area contributed by atoms with Crippen molar-refractivity contribution in [3.8, 4) is 0 Å². The molecule has 3 amide bonds. The second kappa shape index (κ2) is 6.51. The molecule has 7 heteroatoms. The molecule has 0 bridgehead atoms. The number of nitrogens with one attached hydrogen (secondary N) is 2. The summed E-state index contributed by atoms with van der Waals surface area (Å²) >= 11 is 0. The highest BCUT2D eigenvalue weighted by atomic mass is 19.1. The lowest BCUT2D eigenvalue weighted by atomic mass is 10.1. The third-order valence-electron chi connectivity index (χ3n) is 3.38. The third kappa shape index (κ3) is 3.88. The van der Waals surface area contributed by atoms with Gasteiger partial charge in [0.15, 0.2) is 0 Å². The van der Waals surface area contributed by atoms with Gasteiger partial charge in [-0.3, -0.25) is 4.79 Å². The lowest BCUT2D eigenvalue weighted by Crippen LogP contribution is -2.31. The summed E-state index contributed by atoms with van der Waals surface area (Å²) in [6, 6.07) is 4.70. The van der Waals surface area contributed by atoms with E-state index >= 15 is 0 Å². The molecule has 0 aliphatic carbocycles. The van der Waals surface area contributed by atoms with Gasteiger partial charge in [-0.15, -0.1) is 0 Å². The minimum absolute atomic E-state index is 0.269. The van der Waals surface area contributed by atoms with Crippen molar-refractivity contribution in [2.75, 3.05) is 5.32 Å². The molecule has 122 valence electrons. The summed E-state index contributed by atoms with van der Waals surface area (Å²) in [7, 11) is 0. The van der Waals surface area contributed by atoms with Crippen molar-refractivity contribution in [1.29, 1.82) is 0 Å². The van der Waals surface area contributed by atoms with E-state index in [2.05, 4.69) is 10.6 Å². The van der Waals surface area contributed by atoms with Crippen LogP contribution >= 0.6 is 0 Å². The van der Waals surface area contributed by atoms with E-state index in [0.29, 0.717) is 0 Å². The maximum absolute atomic E-state index is 13.4. The molecule has 1 heterocycles. The Morgan fingerprint density at radius 1 is 1.26 bits per heavy atom. The topological polar surface area (TPSA) is 97.4 Å². The number of nitrogens with two attached hydrogens (primary N) is 1. The van der Waals surface area contributed by atoms with Gasteiger partial charge in [-0.2, -0.15) is 0 Å². The number of hydrogen-bond acceptors (Lipinski definition) is 3. The number of anilines is 1. The minimum atomic E-state index is -0.899. The van der Waals surface area contributed by atoms with Crippen LogP contribution in [0.2, 0.25) is 0 Å². The average molecular weight is 319 g/mol. The van der Waals surface area contributed by atoms with Gasteiger partial charge in [0.25, 0.3) is 5.91 Å². The van der Waals surface area contributed by atoms with Crippen LogP contribution in [-0.4, -0.2) is 11.9 Å². The number of amides is 3. The van der Waals surface area contributed by atoms with Gasteiger partial charge in [0.1, 0.15) is 17.3 Å². The van der Waals surface area contributed by atoms with Gasteiger partial charge in [0, 0.05) is 11.3 Å². The first-order valence-electron chi connectivity index (χ1n) is 7.01. The van der Waals surface area contributed by atoms with Crippen LogP contribution in [0.25, 0.3) is 0 Å². The molecule has 0 saturated carbocycles. The fraction of sp³-hybridized carbons (Fsp3) is 0.250. The number of hydrogen-bond donors (Lipinski definition) is 3. The highest BCUT2D eigenvalue weighted by Gasteiger charge is 2.16. The van der Waals surface area contributed by atoms with E-state index < -0.39 is 17.8 Å². The molecule has 4 N–H and O–H groups in total. The molecule has 1 aromatic heterocycles. The summed E-state index contributed by atoms with van der Waals surface area (Å²) in [4.78, 5) is 23.1. The molecule has 1 aromatic carbocycles. The molecule has 6 nitrogen and oxygen atoms in total. The van der Waals surface area contributed by atoms with Crippen molar-refractivity contribution in [2.45, 2.75) is 26.8 Å². The second-order valence-electron chi connectivity index (χ2n) is 5.25. The Bertz CT molecular complexity index is 755. The van der Waals surface area contributed by atoms with Crippen LogP contribution in [0.3, 0.4) is 0 Å². The molecule has 0 unspecified atom stereocenters. The first-order chi connectivity index (χ1) is 10.8. The molecule has 0 saturated heterocycles. The zero-order chi connectivity index (χ0) is 17.1.